The average molecular weight is 858 g/mol. The quantitative estimate of drug-likeness (QED) is 0.0245. The zero-order valence-corrected chi connectivity index (χ0v) is 40.8. The largest absolute Gasteiger partial charge is 0.462 e. The minimum Gasteiger partial charge on any atom is -0.462 e. The van der Waals surface area contributed by atoms with E-state index in [-0.39, 0.29) is 24.9 Å². The first-order valence-corrected chi connectivity index (χ1v) is 26.7. The highest BCUT2D eigenvalue weighted by Gasteiger charge is 2.24. The first kappa shape index (κ1) is 59.1. The molecular weight excluding hydrogens is 755 g/mol. The molecule has 0 aromatic carbocycles. The molecule has 0 saturated carbocycles. The van der Waals surface area contributed by atoms with Gasteiger partial charge in [-0.2, -0.15) is 0 Å². The van der Waals surface area contributed by atoms with Crippen LogP contribution >= 0.6 is 0 Å². The third kappa shape index (κ3) is 44.5. The van der Waals surface area contributed by atoms with Crippen molar-refractivity contribution in [2.24, 2.45) is 0 Å². The smallest absolute Gasteiger partial charge is 0.306 e. The van der Waals surface area contributed by atoms with E-state index >= 15 is 0 Å². The van der Waals surface area contributed by atoms with Crippen LogP contribution in [-0.2, 0) is 14.3 Å². The average Bonchev–Trinajstić information content (AvgIpc) is 3.25. The number of carbonyl (C=O) groups excluding carboxylic acids is 2. The van der Waals surface area contributed by atoms with E-state index in [1.165, 1.54) is 161 Å². The van der Waals surface area contributed by atoms with Gasteiger partial charge < -0.3 is 20.3 Å². The van der Waals surface area contributed by atoms with E-state index in [9.17, 15) is 19.8 Å². The van der Waals surface area contributed by atoms with Crippen LogP contribution in [0, 0.1) is 0 Å². The monoisotopic (exact) mass is 858 g/mol. The van der Waals surface area contributed by atoms with E-state index < -0.39 is 18.2 Å². The lowest BCUT2D eigenvalue weighted by atomic mass is 10.0. The molecule has 0 aliphatic rings. The van der Waals surface area contributed by atoms with Crippen LogP contribution in [0.4, 0.5) is 0 Å². The Morgan fingerprint density at radius 2 is 0.836 bits per heavy atom. The van der Waals surface area contributed by atoms with Crippen molar-refractivity contribution in [3.63, 3.8) is 0 Å². The Morgan fingerprint density at radius 1 is 0.475 bits per heavy atom. The standard InChI is InChI=1S/C55H103NO5/c1-4-7-10-13-16-19-22-25-27-30-33-36-39-42-45-48-55(60)61-51(46-43-40-37-34-31-29-26-23-20-17-14-11-8-5-2)49-54(59)56-52(50-57)53(58)47-44-41-38-35-32-28-24-21-18-15-12-9-6-3/h16,19,22,25,29,31,51-53,57-58H,4-15,17-18,20-21,23-24,26-28,30,32-50H2,1-3H3,(H,56,59)/b19-16+,25-22+,31-29+. The number of aliphatic hydroxyl groups excluding tert-OH is 2. The Balaban J connectivity index is 4.60. The van der Waals surface area contributed by atoms with Crippen LogP contribution in [0.1, 0.15) is 278 Å². The number of unbranched alkanes of at least 4 members (excludes halogenated alkanes) is 31. The summed E-state index contributed by atoms with van der Waals surface area (Å²) in [6, 6.07) is -0.706. The summed E-state index contributed by atoms with van der Waals surface area (Å²) in [7, 11) is 0. The molecular formula is C55H103NO5. The number of carbonyl (C=O) groups is 2. The summed E-state index contributed by atoms with van der Waals surface area (Å²) in [4.78, 5) is 26.2. The summed E-state index contributed by atoms with van der Waals surface area (Å²) >= 11 is 0. The fourth-order valence-electron chi connectivity index (χ4n) is 8.12. The lowest BCUT2D eigenvalue weighted by Crippen LogP contribution is -2.46. The topological polar surface area (TPSA) is 95.9 Å². The lowest BCUT2D eigenvalue weighted by molar-refractivity contribution is -0.151. The number of esters is 1. The van der Waals surface area contributed by atoms with Gasteiger partial charge in [-0.05, 0) is 77.0 Å². The molecule has 0 heterocycles. The molecule has 3 N–H and O–H groups in total. The molecule has 0 aromatic rings. The summed E-state index contributed by atoms with van der Waals surface area (Å²) in [6.07, 6.45) is 57.7. The molecule has 0 saturated heterocycles. The molecule has 6 heteroatoms. The molecule has 1 amide bonds. The van der Waals surface area contributed by atoms with Crippen LogP contribution in [0.2, 0.25) is 0 Å². The minimum atomic E-state index is -0.791. The number of nitrogens with one attached hydrogen (secondary N) is 1. The molecule has 0 radical (unpaired) electrons. The van der Waals surface area contributed by atoms with Crippen LogP contribution in [0.15, 0.2) is 36.5 Å². The van der Waals surface area contributed by atoms with E-state index in [2.05, 4.69) is 62.5 Å². The molecule has 0 spiro atoms. The molecule has 61 heavy (non-hydrogen) atoms. The van der Waals surface area contributed by atoms with Crippen molar-refractivity contribution in [3.05, 3.63) is 36.5 Å². The lowest BCUT2D eigenvalue weighted by Gasteiger charge is -2.24. The van der Waals surface area contributed by atoms with Gasteiger partial charge in [-0.3, -0.25) is 9.59 Å². The fraction of sp³-hybridized carbons (Fsp3) is 0.855. The van der Waals surface area contributed by atoms with E-state index in [4.69, 9.17) is 4.74 Å². The van der Waals surface area contributed by atoms with Gasteiger partial charge in [0.05, 0.1) is 25.2 Å². The van der Waals surface area contributed by atoms with Crippen molar-refractivity contribution >= 4 is 11.9 Å². The third-order valence-electron chi connectivity index (χ3n) is 12.2. The van der Waals surface area contributed by atoms with Gasteiger partial charge in [0, 0.05) is 6.42 Å². The van der Waals surface area contributed by atoms with Crippen molar-refractivity contribution < 1.29 is 24.5 Å². The van der Waals surface area contributed by atoms with Crippen LogP contribution < -0.4 is 5.32 Å². The first-order chi connectivity index (χ1) is 30.0. The zero-order chi connectivity index (χ0) is 44.5. The van der Waals surface area contributed by atoms with E-state index in [0.717, 1.165) is 70.6 Å². The Labute approximate surface area is 379 Å². The Morgan fingerprint density at radius 3 is 1.31 bits per heavy atom. The number of ether oxygens (including phenoxy) is 1. The maximum absolute atomic E-state index is 13.2. The molecule has 3 unspecified atom stereocenters. The van der Waals surface area contributed by atoms with E-state index in [0.29, 0.717) is 19.3 Å². The van der Waals surface area contributed by atoms with Gasteiger partial charge >= 0.3 is 5.97 Å². The van der Waals surface area contributed by atoms with Gasteiger partial charge in [-0.1, -0.05) is 224 Å². The van der Waals surface area contributed by atoms with Crippen molar-refractivity contribution in [2.75, 3.05) is 6.61 Å². The number of hydrogen-bond donors (Lipinski definition) is 3. The van der Waals surface area contributed by atoms with Crippen LogP contribution in [-0.4, -0.2) is 46.9 Å². The van der Waals surface area contributed by atoms with Gasteiger partial charge in [-0.15, -0.1) is 0 Å². The van der Waals surface area contributed by atoms with Gasteiger partial charge in [0.1, 0.15) is 6.10 Å². The van der Waals surface area contributed by atoms with Gasteiger partial charge in [0.2, 0.25) is 5.91 Å². The molecule has 0 aliphatic heterocycles. The second-order valence-corrected chi connectivity index (χ2v) is 18.3. The number of allylic oxidation sites excluding steroid dienone is 6. The van der Waals surface area contributed by atoms with Gasteiger partial charge in [0.25, 0.3) is 0 Å². The maximum Gasteiger partial charge on any atom is 0.306 e. The van der Waals surface area contributed by atoms with Crippen LogP contribution in [0.25, 0.3) is 0 Å². The molecule has 6 nitrogen and oxygen atoms in total. The predicted molar refractivity (Wildman–Crippen MR) is 264 cm³/mol. The number of hydrogen-bond acceptors (Lipinski definition) is 5. The second-order valence-electron chi connectivity index (χ2n) is 18.3. The fourth-order valence-corrected chi connectivity index (χ4v) is 8.12. The second kappa shape index (κ2) is 49.1. The molecule has 3 atom stereocenters. The number of amides is 1. The first-order valence-electron chi connectivity index (χ1n) is 26.7. The Hall–Kier alpha value is -1.92. The molecule has 0 aliphatic carbocycles. The van der Waals surface area contributed by atoms with Crippen molar-refractivity contribution in [1.82, 2.24) is 5.32 Å². The highest BCUT2D eigenvalue weighted by molar-refractivity contribution is 5.77. The summed E-state index contributed by atoms with van der Waals surface area (Å²) in [5.74, 6) is -0.493. The summed E-state index contributed by atoms with van der Waals surface area (Å²) in [5, 5.41) is 23.8. The zero-order valence-electron chi connectivity index (χ0n) is 40.8. The number of aliphatic hydroxyl groups is 2. The number of rotatable bonds is 48. The molecule has 0 aromatic heterocycles. The minimum absolute atomic E-state index is 0.0646. The van der Waals surface area contributed by atoms with E-state index in [1.807, 2.05) is 0 Å². The van der Waals surface area contributed by atoms with Crippen LogP contribution in [0.3, 0.4) is 0 Å². The summed E-state index contributed by atoms with van der Waals surface area (Å²) in [5.41, 5.74) is 0. The molecule has 358 valence electrons. The SMILES string of the molecule is CCCCC/C=C/C=C/CCCCCCCCC(=O)OC(CCCCC/C=C/CCCCCCCCC)CC(=O)NC(CO)C(O)CCCCCCCCCCCCCCC. The normalized spacial score (nSPS) is 13.5. The van der Waals surface area contributed by atoms with Crippen molar-refractivity contribution in [3.8, 4) is 0 Å². The Kier molecular flexibility index (Phi) is 47.6. The van der Waals surface area contributed by atoms with Crippen LogP contribution in [0.5, 0.6) is 0 Å². The third-order valence-corrected chi connectivity index (χ3v) is 12.2. The predicted octanol–water partition coefficient (Wildman–Crippen LogP) is 16.1. The molecule has 0 fully saturated rings. The Bertz CT molecular complexity index is 1010. The van der Waals surface area contributed by atoms with Crippen molar-refractivity contribution in [1.29, 1.82) is 0 Å². The summed E-state index contributed by atoms with van der Waals surface area (Å²) < 4.78 is 5.93. The van der Waals surface area contributed by atoms with Gasteiger partial charge in [0.15, 0.2) is 0 Å². The van der Waals surface area contributed by atoms with Crippen molar-refractivity contribution in [2.45, 2.75) is 296 Å². The highest BCUT2D eigenvalue weighted by atomic mass is 16.5. The highest BCUT2D eigenvalue weighted by Crippen LogP contribution is 2.18. The molecule has 0 bridgehead atoms. The molecule has 0 rings (SSSR count). The van der Waals surface area contributed by atoms with E-state index in [1.54, 1.807) is 0 Å². The maximum atomic E-state index is 13.2. The van der Waals surface area contributed by atoms with Gasteiger partial charge in [-0.25, -0.2) is 0 Å². The summed E-state index contributed by atoms with van der Waals surface area (Å²) in [6.45, 7) is 6.46.